The fourth-order valence-electron chi connectivity index (χ4n) is 1.45. The highest BCUT2D eigenvalue weighted by molar-refractivity contribution is 5.08. The number of alkyl halides is 3. The Morgan fingerprint density at radius 1 is 1.29 bits per heavy atom. The van der Waals surface area contributed by atoms with Gasteiger partial charge in [0.05, 0.1) is 18.3 Å². The molecule has 0 amide bonds. The van der Waals surface area contributed by atoms with E-state index in [0.29, 0.717) is 13.1 Å². The summed E-state index contributed by atoms with van der Waals surface area (Å²) in [5, 5.41) is 6.85. The zero-order valence-corrected chi connectivity index (χ0v) is 9.93. The predicted octanol–water partition coefficient (Wildman–Crippen LogP) is 2.68. The summed E-state index contributed by atoms with van der Waals surface area (Å²) in [6, 6.07) is 0. The zero-order valence-electron chi connectivity index (χ0n) is 9.93. The minimum atomic E-state index is -4.30. The lowest BCUT2D eigenvalue weighted by Gasteiger charge is -2.04. The average molecular weight is 249 g/mol. The SMILES string of the molecule is CCCCCNCCn1cc(C(F)(F)F)cn1. The molecule has 3 nitrogen and oxygen atoms in total. The van der Waals surface area contributed by atoms with Crippen LogP contribution in [0.5, 0.6) is 0 Å². The molecular formula is C11H18F3N3. The first-order valence-corrected chi connectivity index (χ1v) is 5.84. The number of aromatic nitrogens is 2. The van der Waals surface area contributed by atoms with Crippen molar-refractivity contribution in [2.45, 2.75) is 38.9 Å². The van der Waals surface area contributed by atoms with E-state index in [9.17, 15) is 13.2 Å². The second-order valence-corrected chi connectivity index (χ2v) is 3.95. The molecule has 1 rings (SSSR count). The lowest BCUT2D eigenvalue weighted by atomic mass is 10.2. The van der Waals surface area contributed by atoms with Gasteiger partial charge < -0.3 is 5.32 Å². The Labute approximate surface area is 99.0 Å². The van der Waals surface area contributed by atoms with E-state index in [2.05, 4.69) is 17.3 Å². The molecule has 0 aromatic carbocycles. The molecular weight excluding hydrogens is 231 g/mol. The topological polar surface area (TPSA) is 29.9 Å². The third-order valence-electron chi connectivity index (χ3n) is 2.44. The van der Waals surface area contributed by atoms with Crippen molar-refractivity contribution in [1.82, 2.24) is 15.1 Å². The van der Waals surface area contributed by atoms with Gasteiger partial charge in [-0.25, -0.2) is 0 Å². The van der Waals surface area contributed by atoms with Crippen LogP contribution in [0.25, 0.3) is 0 Å². The molecule has 6 heteroatoms. The van der Waals surface area contributed by atoms with Gasteiger partial charge in [0.15, 0.2) is 0 Å². The van der Waals surface area contributed by atoms with Gasteiger partial charge >= 0.3 is 6.18 Å². The molecule has 0 aliphatic heterocycles. The largest absolute Gasteiger partial charge is 0.419 e. The summed E-state index contributed by atoms with van der Waals surface area (Å²) >= 11 is 0. The monoisotopic (exact) mass is 249 g/mol. The molecule has 17 heavy (non-hydrogen) atoms. The molecule has 1 N–H and O–H groups in total. The van der Waals surface area contributed by atoms with Gasteiger partial charge in [-0.1, -0.05) is 19.8 Å². The van der Waals surface area contributed by atoms with Crippen molar-refractivity contribution in [3.05, 3.63) is 18.0 Å². The first kappa shape index (κ1) is 14.0. The van der Waals surface area contributed by atoms with Crippen LogP contribution in [-0.4, -0.2) is 22.9 Å². The summed E-state index contributed by atoms with van der Waals surface area (Å²) in [6.07, 6.45) is 1.03. The van der Waals surface area contributed by atoms with Gasteiger partial charge in [-0.3, -0.25) is 4.68 Å². The standard InChI is InChI=1S/C11H18F3N3/c1-2-3-4-5-15-6-7-17-9-10(8-16-17)11(12,13)14/h8-9,15H,2-7H2,1H3. The number of nitrogens with zero attached hydrogens (tertiary/aromatic N) is 2. The van der Waals surface area contributed by atoms with Gasteiger partial charge in [-0.05, 0) is 13.0 Å². The van der Waals surface area contributed by atoms with Crippen molar-refractivity contribution in [2.75, 3.05) is 13.1 Å². The van der Waals surface area contributed by atoms with Gasteiger partial charge in [-0.15, -0.1) is 0 Å². The number of unbranched alkanes of at least 4 members (excludes halogenated alkanes) is 2. The lowest BCUT2D eigenvalue weighted by molar-refractivity contribution is -0.137. The molecule has 98 valence electrons. The minimum absolute atomic E-state index is 0.461. The van der Waals surface area contributed by atoms with E-state index in [1.165, 1.54) is 11.1 Å². The molecule has 0 bridgehead atoms. The molecule has 1 aromatic rings. The second kappa shape index (κ2) is 6.64. The Bertz CT molecular complexity index is 320. The summed E-state index contributed by atoms with van der Waals surface area (Å²) in [4.78, 5) is 0. The molecule has 0 unspecified atom stereocenters. The Morgan fingerprint density at radius 3 is 2.65 bits per heavy atom. The van der Waals surface area contributed by atoms with Crippen molar-refractivity contribution >= 4 is 0 Å². The van der Waals surface area contributed by atoms with E-state index in [1.54, 1.807) is 0 Å². The molecule has 0 atom stereocenters. The minimum Gasteiger partial charge on any atom is -0.315 e. The second-order valence-electron chi connectivity index (χ2n) is 3.95. The summed E-state index contributed by atoms with van der Waals surface area (Å²) < 4.78 is 38.1. The van der Waals surface area contributed by atoms with Crippen LogP contribution in [0.3, 0.4) is 0 Å². The van der Waals surface area contributed by atoms with Crippen LogP contribution in [0.1, 0.15) is 31.7 Å². The van der Waals surface area contributed by atoms with E-state index < -0.39 is 11.7 Å². The first-order chi connectivity index (χ1) is 8.04. The van der Waals surface area contributed by atoms with Crippen molar-refractivity contribution in [3.8, 4) is 0 Å². The maximum atomic E-state index is 12.3. The fourth-order valence-corrected chi connectivity index (χ4v) is 1.45. The quantitative estimate of drug-likeness (QED) is 0.753. The Hall–Kier alpha value is -1.04. The molecule has 0 spiro atoms. The highest BCUT2D eigenvalue weighted by Gasteiger charge is 2.31. The van der Waals surface area contributed by atoms with Crippen LogP contribution >= 0.6 is 0 Å². The number of nitrogens with one attached hydrogen (secondary N) is 1. The van der Waals surface area contributed by atoms with Gasteiger partial charge in [-0.2, -0.15) is 18.3 Å². The summed E-state index contributed by atoms with van der Waals surface area (Å²) in [7, 11) is 0. The molecule has 0 aliphatic carbocycles. The zero-order chi connectivity index (χ0) is 12.7. The van der Waals surface area contributed by atoms with Crippen LogP contribution in [0.4, 0.5) is 13.2 Å². The number of hydrogen-bond acceptors (Lipinski definition) is 2. The van der Waals surface area contributed by atoms with E-state index >= 15 is 0 Å². The predicted molar refractivity (Wildman–Crippen MR) is 59.6 cm³/mol. The van der Waals surface area contributed by atoms with Gasteiger partial charge in [0.2, 0.25) is 0 Å². The van der Waals surface area contributed by atoms with Gasteiger partial charge in [0.1, 0.15) is 0 Å². The Balaban J connectivity index is 2.21. The van der Waals surface area contributed by atoms with E-state index in [-0.39, 0.29) is 0 Å². The highest BCUT2D eigenvalue weighted by atomic mass is 19.4. The Morgan fingerprint density at radius 2 is 2.06 bits per heavy atom. The molecule has 0 radical (unpaired) electrons. The molecule has 1 aromatic heterocycles. The van der Waals surface area contributed by atoms with E-state index in [0.717, 1.165) is 31.8 Å². The van der Waals surface area contributed by atoms with Gasteiger partial charge in [0.25, 0.3) is 0 Å². The maximum absolute atomic E-state index is 12.3. The smallest absolute Gasteiger partial charge is 0.315 e. The van der Waals surface area contributed by atoms with Crippen molar-refractivity contribution in [1.29, 1.82) is 0 Å². The molecule has 0 aliphatic rings. The maximum Gasteiger partial charge on any atom is 0.419 e. The average Bonchev–Trinajstić information content (AvgIpc) is 2.71. The van der Waals surface area contributed by atoms with Crippen LogP contribution in [0.15, 0.2) is 12.4 Å². The molecule has 1 heterocycles. The van der Waals surface area contributed by atoms with Crippen LogP contribution < -0.4 is 5.32 Å². The van der Waals surface area contributed by atoms with Crippen LogP contribution in [0.2, 0.25) is 0 Å². The summed E-state index contributed by atoms with van der Waals surface area (Å²) in [6.45, 7) is 4.13. The number of rotatable bonds is 7. The molecule has 0 saturated carbocycles. The third-order valence-corrected chi connectivity index (χ3v) is 2.44. The lowest BCUT2D eigenvalue weighted by Crippen LogP contribution is -2.21. The highest BCUT2D eigenvalue weighted by Crippen LogP contribution is 2.28. The fraction of sp³-hybridized carbons (Fsp3) is 0.727. The normalized spacial score (nSPS) is 12.0. The Kier molecular flexibility index (Phi) is 5.47. The summed E-state index contributed by atoms with van der Waals surface area (Å²) in [5.74, 6) is 0. The van der Waals surface area contributed by atoms with Crippen molar-refractivity contribution < 1.29 is 13.2 Å². The third kappa shape index (κ3) is 5.21. The van der Waals surface area contributed by atoms with E-state index in [4.69, 9.17) is 0 Å². The summed E-state index contributed by atoms with van der Waals surface area (Å²) in [5.41, 5.74) is -0.691. The van der Waals surface area contributed by atoms with Crippen LogP contribution in [-0.2, 0) is 12.7 Å². The van der Waals surface area contributed by atoms with Crippen molar-refractivity contribution in [3.63, 3.8) is 0 Å². The van der Waals surface area contributed by atoms with E-state index in [1.807, 2.05) is 0 Å². The van der Waals surface area contributed by atoms with Crippen LogP contribution in [0, 0.1) is 0 Å². The molecule has 0 fully saturated rings. The molecule has 0 saturated heterocycles. The number of halogens is 3. The number of hydrogen-bond donors (Lipinski definition) is 1. The van der Waals surface area contributed by atoms with Gasteiger partial charge in [0, 0.05) is 12.7 Å². The van der Waals surface area contributed by atoms with Crippen molar-refractivity contribution in [2.24, 2.45) is 0 Å². The first-order valence-electron chi connectivity index (χ1n) is 5.84.